The number of fused-ring (bicyclic) bond motifs is 1. The van der Waals surface area contributed by atoms with Crippen LogP contribution >= 0.6 is 22.9 Å². The van der Waals surface area contributed by atoms with Crippen LogP contribution in [-0.4, -0.2) is 64.4 Å². The minimum absolute atomic E-state index is 0.157. The van der Waals surface area contributed by atoms with Crippen LogP contribution in [0.15, 0.2) is 30.3 Å². The van der Waals surface area contributed by atoms with Crippen molar-refractivity contribution in [3.63, 3.8) is 0 Å². The Bertz CT molecular complexity index is 1080. The van der Waals surface area contributed by atoms with Crippen LogP contribution in [-0.2, 0) is 0 Å². The van der Waals surface area contributed by atoms with Crippen molar-refractivity contribution in [2.75, 3.05) is 32.7 Å². The number of hydrogen-bond acceptors (Lipinski definition) is 4. The quantitative estimate of drug-likeness (QED) is 0.570. The van der Waals surface area contributed by atoms with Crippen molar-refractivity contribution < 1.29 is 18.0 Å². The fourth-order valence-corrected chi connectivity index (χ4v) is 5.04. The summed E-state index contributed by atoms with van der Waals surface area (Å²) in [6, 6.07) is 9.16. The van der Waals surface area contributed by atoms with Crippen molar-refractivity contribution in [1.29, 1.82) is 0 Å². The topological polar surface area (TPSA) is 41.4 Å². The first-order valence-corrected chi connectivity index (χ1v) is 10.7. The van der Waals surface area contributed by atoms with Crippen molar-refractivity contribution >= 4 is 39.1 Å². The summed E-state index contributed by atoms with van der Waals surface area (Å²) < 4.78 is 39.8. The summed E-state index contributed by atoms with van der Waals surface area (Å²) in [5.74, 6) is -0.157. The van der Waals surface area contributed by atoms with Gasteiger partial charge in [0, 0.05) is 31.6 Å². The van der Waals surface area contributed by atoms with E-state index in [-0.39, 0.29) is 19.0 Å². The molecule has 0 aliphatic carbocycles. The van der Waals surface area contributed by atoms with E-state index in [1.54, 1.807) is 15.6 Å². The molecule has 0 atom stereocenters. The number of rotatable bonds is 3. The van der Waals surface area contributed by atoms with Crippen LogP contribution in [0.25, 0.3) is 15.9 Å². The van der Waals surface area contributed by atoms with Gasteiger partial charge >= 0.3 is 6.18 Å². The fraction of sp³-hybridized carbons (Fsp3) is 0.400. The van der Waals surface area contributed by atoms with Crippen LogP contribution in [0.4, 0.5) is 13.2 Å². The smallest absolute Gasteiger partial charge is 0.337 e. The Hall–Kier alpha value is -2.10. The zero-order chi connectivity index (χ0) is 21.5. The van der Waals surface area contributed by atoms with Crippen LogP contribution in [0.3, 0.4) is 0 Å². The van der Waals surface area contributed by atoms with Crippen molar-refractivity contribution in [3.8, 4) is 5.69 Å². The summed E-state index contributed by atoms with van der Waals surface area (Å²) in [6.45, 7) is 2.19. The fourth-order valence-electron chi connectivity index (χ4n) is 3.68. The van der Waals surface area contributed by atoms with Gasteiger partial charge in [-0.2, -0.15) is 18.3 Å². The Morgan fingerprint density at radius 3 is 2.70 bits per heavy atom. The number of halogens is 4. The zero-order valence-electron chi connectivity index (χ0n) is 16.2. The van der Waals surface area contributed by atoms with Gasteiger partial charge in [0.15, 0.2) is 0 Å². The molecule has 1 aliphatic heterocycles. The van der Waals surface area contributed by atoms with Crippen LogP contribution < -0.4 is 0 Å². The number of nitrogens with zero attached hydrogens (tertiary/aromatic N) is 4. The van der Waals surface area contributed by atoms with Crippen LogP contribution in [0, 0.1) is 6.92 Å². The number of amides is 1. The van der Waals surface area contributed by atoms with E-state index >= 15 is 0 Å². The highest BCUT2D eigenvalue weighted by molar-refractivity contribution is 7.20. The number of hydrogen-bond donors (Lipinski definition) is 0. The van der Waals surface area contributed by atoms with E-state index < -0.39 is 12.7 Å². The lowest BCUT2D eigenvalue weighted by molar-refractivity contribution is -0.145. The van der Waals surface area contributed by atoms with E-state index in [4.69, 9.17) is 11.6 Å². The number of para-hydroxylation sites is 1. The summed E-state index contributed by atoms with van der Waals surface area (Å²) in [5.41, 5.74) is 1.52. The second-order valence-corrected chi connectivity index (χ2v) is 8.75. The third kappa shape index (κ3) is 4.33. The molecule has 0 radical (unpaired) electrons. The van der Waals surface area contributed by atoms with Gasteiger partial charge in [0.05, 0.1) is 27.8 Å². The summed E-state index contributed by atoms with van der Waals surface area (Å²) >= 11 is 7.65. The zero-order valence-corrected chi connectivity index (χ0v) is 17.8. The van der Waals surface area contributed by atoms with Gasteiger partial charge in [0.25, 0.3) is 5.91 Å². The van der Waals surface area contributed by atoms with Crippen molar-refractivity contribution in [3.05, 3.63) is 45.9 Å². The molecule has 5 nitrogen and oxygen atoms in total. The van der Waals surface area contributed by atoms with Gasteiger partial charge in [-0.25, -0.2) is 4.68 Å². The predicted molar refractivity (Wildman–Crippen MR) is 112 cm³/mol. The lowest BCUT2D eigenvalue weighted by Gasteiger charge is -2.22. The molecule has 0 unspecified atom stereocenters. The van der Waals surface area contributed by atoms with E-state index in [2.05, 4.69) is 5.10 Å². The van der Waals surface area contributed by atoms with E-state index in [0.29, 0.717) is 29.4 Å². The lowest BCUT2D eigenvalue weighted by Crippen LogP contribution is -2.38. The van der Waals surface area contributed by atoms with E-state index in [1.165, 1.54) is 16.2 Å². The van der Waals surface area contributed by atoms with Gasteiger partial charge in [-0.05, 0) is 31.5 Å². The summed E-state index contributed by atoms with van der Waals surface area (Å²) in [5, 5.41) is 5.99. The van der Waals surface area contributed by atoms with Gasteiger partial charge in [0.1, 0.15) is 4.83 Å². The monoisotopic (exact) mass is 456 g/mol. The number of carbonyl (C=O) groups is 1. The Morgan fingerprint density at radius 2 is 1.97 bits per heavy atom. The van der Waals surface area contributed by atoms with Gasteiger partial charge in [0.2, 0.25) is 0 Å². The molecule has 0 spiro atoms. The van der Waals surface area contributed by atoms with E-state index in [1.807, 2.05) is 31.2 Å². The summed E-state index contributed by atoms with van der Waals surface area (Å²) in [6.07, 6.45) is -3.72. The molecule has 3 heterocycles. The average Bonchev–Trinajstić information content (AvgIpc) is 3.15. The molecule has 10 heteroatoms. The van der Waals surface area contributed by atoms with Gasteiger partial charge < -0.3 is 4.90 Å². The van der Waals surface area contributed by atoms with Gasteiger partial charge in [-0.3, -0.25) is 9.69 Å². The maximum atomic E-state index is 13.1. The van der Waals surface area contributed by atoms with Crippen molar-refractivity contribution in [2.45, 2.75) is 19.5 Å². The molecule has 2 aromatic heterocycles. The maximum Gasteiger partial charge on any atom is 0.401 e. The Morgan fingerprint density at radius 1 is 1.20 bits per heavy atom. The SMILES string of the molecule is Cc1nn(-c2ccccc2Cl)c2sc(C(=O)N3CCCN(CC(F)(F)F)CC3)cc12. The molecule has 1 aromatic carbocycles. The lowest BCUT2D eigenvalue weighted by atomic mass is 10.3. The molecule has 4 rings (SSSR count). The largest absolute Gasteiger partial charge is 0.401 e. The molecular formula is C20H20ClF3N4OS. The van der Waals surface area contributed by atoms with Gasteiger partial charge in [-0.1, -0.05) is 23.7 Å². The van der Waals surface area contributed by atoms with Crippen molar-refractivity contribution in [2.24, 2.45) is 0 Å². The minimum Gasteiger partial charge on any atom is -0.337 e. The highest BCUT2D eigenvalue weighted by Gasteiger charge is 2.32. The third-order valence-electron chi connectivity index (χ3n) is 5.11. The molecule has 1 amide bonds. The molecule has 0 bridgehead atoms. The number of alkyl halides is 3. The first-order chi connectivity index (χ1) is 14.2. The molecule has 30 heavy (non-hydrogen) atoms. The summed E-state index contributed by atoms with van der Waals surface area (Å²) in [4.78, 5) is 17.4. The number of thiophene rings is 1. The maximum absolute atomic E-state index is 13.1. The molecule has 160 valence electrons. The molecule has 1 saturated heterocycles. The average molecular weight is 457 g/mol. The second kappa shape index (κ2) is 8.20. The highest BCUT2D eigenvalue weighted by atomic mass is 35.5. The molecule has 0 N–H and O–H groups in total. The normalized spacial score (nSPS) is 16.2. The standard InChI is InChI=1S/C20H20ClF3N4OS/c1-13-14-11-17(30-19(14)28(25-13)16-6-3-2-5-15(16)21)18(29)27-8-4-7-26(9-10-27)12-20(22,23)24/h2-3,5-6,11H,4,7-10,12H2,1H3. The second-order valence-electron chi connectivity index (χ2n) is 7.32. The van der Waals surface area contributed by atoms with Gasteiger partial charge in [-0.15, -0.1) is 11.3 Å². The van der Waals surface area contributed by atoms with Crippen LogP contribution in [0.1, 0.15) is 21.8 Å². The number of carbonyl (C=O) groups excluding carboxylic acids is 1. The molecule has 1 fully saturated rings. The number of aryl methyl sites for hydroxylation is 1. The predicted octanol–water partition coefficient (Wildman–Crippen LogP) is 4.76. The first kappa shape index (κ1) is 21.1. The molecule has 3 aromatic rings. The van der Waals surface area contributed by atoms with Crippen LogP contribution in [0.2, 0.25) is 5.02 Å². The number of benzene rings is 1. The van der Waals surface area contributed by atoms with Crippen LogP contribution in [0.5, 0.6) is 0 Å². The Labute approximate surface area is 180 Å². The Kier molecular flexibility index (Phi) is 5.78. The molecular weight excluding hydrogens is 437 g/mol. The summed E-state index contributed by atoms with van der Waals surface area (Å²) in [7, 11) is 0. The first-order valence-electron chi connectivity index (χ1n) is 9.55. The Balaban J connectivity index is 1.57. The highest BCUT2D eigenvalue weighted by Crippen LogP contribution is 2.33. The minimum atomic E-state index is -4.23. The number of aromatic nitrogens is 2. The third-order valence-corrected chi connectivity index (χ3v) is 6.53. The molecule has 0 saturated carbocycles. The van der Waals surface area contributed by atoms with E-state index in [9.17, 15) is 18.0 Å². The van der Waals surface area contributed by atoms with Crippen molar-refractivity contribution in [1.82, 2.24) is 19.6 Å². The molecule has 1 aliphatic rings. The van der Waals surface area contributed by atoms with E-state index in [0.717, 1.165) is 21.6 Å².